The molecule has 5 nitrogen and oxygen atoms in total. The van der Waals surface area contributed by atoms with Crippen LogP contribution in [0.1, 0.15) is 49.6 Å². The van der Waals surface area contributed by atoms with Gasteiger partial charge in [-0.15, -0.1) is 0 Å². The third-order valence-electron chi connectivity index (χ3n) is 5.47. The maximum absolute atomic E-state index is 12.6. The zero-order valence-corrected chi connectivity index (χ0v) is 17.1. The average Bonchev–Trinajstić information content (AvgIpc) is 3.13. The molecule has 3 rings (SSSR count). The van der Waals surface area contributed by atoms with E-state index in [9.17, 15) is 9.59 Å². The molecule has 2 amide bonds. The number of nitrogens with zero attached hydrogens (tertiary/aromatic N) is 1. The Hall–Kier alpha value is -2.30. The van der Waals surface area contributed by atoms with Gasteiger partial charge in [0, 0.05) is 37.1 Å². The third kappa shape index (κ3) is 4.02. The number of benzene rings is 1. The fourth-order valence-corrected chi connectivity index (χ4v) is 4.10. The van der Waals surface area contributed by atoms with Crippen molar-refractivity contribution in [3.8, 4) is 0 Å². The first kappa shape index (κ1) is 19.5. The van der Waals surface area contributed by atoms with Gasteiger partial charge in [-0.05, 0) is 43.4 Å². The van der Waals surface area contributed by atoms with Crippen molar-refractivity contribution in [3.05, 3.63) is 34.5 Å². The van der Waals surface area contributed by atoms with Crippen LogP contribution >= 0.6 is 0 Å². The Morgan fingerprint density at radius 3 is 2.74 bits per heavy atom. The molecule has 1 aliphatic heterocycles. The maximum Gasteiger partial charge on any atom is 0.225 e. The summed E-state index contributed by atoms with van der Waals surface area (Å²) in [6, 6.07) is 4.33. The highest BCUT2D eigenvalue weighted by atomic mass is 16.2. The average molecular weight is 370 g/mol. The lowest BCUT2D eigenvalue weighted by molar-refractivity contribution is -0.129. The van der Waals surface area contributed by atoms with Gasteiger partial charge in [-0.3, -0.25) is 9.59 Å². The molecule has 1 atom stereocenters. The summed E-state index contributed by atoms with van der Waals surface area (Å²) in [4.78, 5) is 30.1. The smallest absolute Gasteiger partial charge is 0.225 e. The summed E-state index contributed by atoms with van der Waals surface area (Å²) >= 11 is 0. The minimum absolute atomic E-state index is 0.0248. The Bertz CT molecular complexity index is 866. The van der Waals surface area contributed by atoms with E-state index in [4.69, 9.17) is 0 Å². The van der Waals surface area contributed by atoms with E-state index in [1.807, 2.05) is 4.90 Å². The summed E-state index contributed by atoms with van der Waals surface area (Å²) in [6.07, 6.45) is 1.28. The number of hydrogen-bond donors (Lipinski definition) is 2. The number of aromatic amines is 1. The largest absolute Gasteiger partial charge is 0.358 e. The first-order chi connectivity index (χ1) is 12.8. The normalized spacial score (nSPS) is 17.3. The summed E-state index contributed by atoms with van der Waals surface area (Å²) in [5, 5.41) is 4.30. The van der Waals surface area contributed by atoms with Crippen molar-refractivity contribution < 1.29 is 9.59 Å². The van der Waals surface area contributed by atoms with E-state index in [0.717, 1.165) is 24.0 Å². The Labute approximate surface area is 161 Å². The summed E-state index contributed by atoms with van der Waals surface area (Å²) in [5.74, 6) is 0.242. The van der Waals surface area contributed by atoms with E-state index in [1.54, 1.807) is 0 Å². The third-order valence-corrected chi connectivity index (χ3v) is 5.47. The Balaban J connectivity index is 1.72. The number of aryl methyl sites for hydroxylation is 3. The molecule has 1 saturated heterocycles. The van der Waals surface area contributed by atoms with Gasteiger partial charge in [0.25, 0.3) is 0 Å². The van der Waals surface area contributed by atoms with Crippen LogP contribution in [0.4, 0.5) is 0 Å². The topological polar surface area (TPSA) is 65.2 Å². The van der Waals surface area contributed by atoms with Gasteiger partial charge < -0.3 is 15.2 Å². The predicted octanol–water partition coefficient (Wildman–Crippen LogP) is 3.47. The molecule has 0 bridgehead atoms. The zero-order valence-electron chi connectivity index (χ0n) is 17.1. The van der Waals surface area contributed by atoms with Crippen molar-refractivity contribution in [3.63, 3.8) is 0 Å². The molecule has 0 aliphatic carbocycles. The molecule has 1 aromatic carbocycles. The highest BCUT2D eigenvalue weighted by Crippen LogP contribution is 2.27. The van der Waals surface area contributed by atoms with Crippen molar-refractivity contribution in [1.82, 2.24) is 15.2 Å². The zero-order chi connectivity index (χ0) is 19.7. The molecule has 2 heterocycles. The van der Waals surface area contributed by atoms with Crippen LogP contribution < -0.4 is 5.32 Å². The second-order valence-electron chi connectivity index (χ2n) is 8.24. The molecule has 0 spiro atoms. The van der Waals surface area contributed by atoms with Gasteiger partial charge in [0.05, 0.1) is 11.4 Å². The van der Waals surface area contributed by atoms with Crippen LogP contribution in [0.2, 0.25) is 0 Å². The molecule has 1 aromatic heterocycles. The lowest BCUT2D eigenvalue weighted by atomic mass is 10.0. The number of carbonyl (C=O) groups is 2. The van der Waals surface area contributed by atoms with E-state index >= 15 is 0 Å². The number of fused-ring (bicyclic) bond motifs is 1. The minimum atomic E-state index is -0.242. The first-order valence-electron chi connectivity index (χ1n) is 9.96. The SMILES string of the molecule is CCc1[nH]c2c(CNC(=O)[C@@H]3CC(=O)N(CC(C)C)C3)cc(C)cc2c1C. The van der Waals surface area contributed by atoms with Crippen LogP contribution in [0, 0.1) is 25.7 Å². The molecule has 0 radical (unpaired) electrons. The van der Waals surface area contributed by atoms with Gasteiger partial charge in [0.15, 0.2) is 0 Å². The van der Waals surface area contributed by atoms with Gasteiger partial charge in [-0.2, -0.15) is 0 Å². The molecule has 0 unspecified atom stereocenters. The van der Waals surface area contributed by atoms with Gasteiger partial charge >= 0.3 is 0 Å². The van der Waals surface area contributed by atoms with Crippen LogP contribution in [0.3, 0.4) is 0 Å². The van der Waals surface area contributed by atoms with Gasteiger partial charge in [0.2, 0.25) is 11.8 Å². The number of nitrogens with one attached hydrogen (secondary N) is 2. The number of H-pyrrole nitrogens is 1. The molecule has 2 aromatic rings. The van der Waals surface area contributed by atoms with Crippen molar-refractivity contribution >= 4 is 22.7 Å². The molecule has 2 N–H and O–H groups in total. The van der Waals surface area contributed by atoms with Crippen LogP contribution in [0.5, 0.6) is 0 Å². The quantitative estimate of drug-likeness (QED) is 0.819. The van der Waals surface area contributed by atoms with Crippen LogP contribution in [0.15, 0.2) is 12.1 Å². The number of hydrogen-bond acceptors (Lipinski definition) is 2. The Morgan fingerprint density at radius 1 is 1.33 bits per heavy atom. The van der Waals surface area contributed by atoms with E-state index in [0.29, 0.717) is 25.4 Å². The van der Waals surface area contributed by atoms with Crippen molar-refractivity contribution in [2.45, 2.75) is 54.0 Å². The summed E-state index contributed by atoms with van der Waals surface area (Å²) in [5.41, 5.74) is 5.93. The van der Waals surface area contributed by atoms with Crippen LogP contribution in [-0.2, 0) is 22.6 Å². The molecule has 146 valence electrons. The second-order valence-corrected chi connectivity index (χ2v) is 8.24. The van der Waals surface area contributed by atoms with Crippen molar-refractivity contribution in [2.75, 3.05) is 13.1 Å². The highest BCUT2D eigenvalue weighted by molar-refractivity contribution is 5.90. The van der Waals surface area contributed by atoms with Crippen LogP contribution in [0.25, 0.3) is 10.9 Å². The van der Waals surface area contributed by atoms with E-state index in [1.165, 1.54) is 22.2 Å². The number of likely N-dealkylation sites (tertiary alicyclic amines) is 1. The number of carbonyl (C=O) groups excluding carboxylic acids is 2. The van der Waals surface area contributed by atoms with E-state index in [-0.39, 0.29) is 17.7 Å². The van der Waals surface area contributed by atoms with Gasteiger partial charge in [-0.25, -0.2) is 0 Å². The Kier molecular flexibility index (Phi) is 5.59. The van der Waals surface area contributed by atoms with Crippen LogP contribution in [-0.4, -0.2) is 34.8 Å². The van der Waals surface area contributed by atoms with E-state index < -0.39 is 0 Å². The monoisotopic (exact) mass is 369 g/mol. The molecule has 27 heavy (non-hydrogen) atoms. The molecular weight excluding hydrogens is 338 g/mol. The highest BCUT2D eigenvalue weighted by Gasteiger charge is 2.34. The summed E-state index contributed by atoms with van der Waals surface area (Å²) < 4.78 is 0. The molecule has 0 saturated carbocycles. The molecule has 1 aliphatic rings. The van der Waals surface area contributed by atoms with E-state index in [2.05, 4.69) is 57.1 Å². The van der Waals surface area contributed by atoms with Crippen molar-refractivity contribution in [1.29, 1.82) is 0 Å². The summed E-state index contributed by atoms with van der Waals surface area (Å²) in [6.45, 7) is 12.3. The number of aromatic nitrogens is 1. The van der Waals surface area contributed by atoms with Gasteiger partial charge in [-0.1, -0.05) is 32.4 Å². The Morgan fingerprint density at radius 2 is 2.07 bits per heavy atom. The lowest BCUT2D eigenvalue weighted by Gasteiger charge is -2.18. The number of amides is 2. The van der Waals surface area contributed by atoms with Gasteiger partial charge in [0.1, 0.15) is 0 Å². The fraction of sp³-hybridized carbons (Fsp3) is 0.545. The lowest BCUT2D eigenvalue weighted by Crippen LogP contribution is -2.33. The minimum Gasteiger partial charge on any atom is -0.358 e. The second kappa shape index (κ2) is 7.75. The first-order valence-corrected chi connectivity index (χ1v) is 9.96. The fourth-order valence-electron chi connectivity index (χ4n) is 4.10. The number of rotatable bonds is 6. The molecular formula is C22H31N3O2. The molecule has 1 fully saturated rings. The molecule has 5 heteroatoms. The van der Waals surface area contributed by atoms with Crippen molar-refractivity contribution in [2.24, 2.45) is 11.8 Å². The predicted molar refractivity (Wildman–Crippen MR) is 109 cm³/mol. The maximum atomic E-state index is 12.6. The standard InChI is InChI=1S/C22H31N3O2/c1-6-19-15(5)18-8-14(4)7-16(21(18)24-19)10-23-22(27)17-9-20(26)25(12-17)11-13(2)3/h7-8,13,17,24H,6,9-12H2,1-5H3,(H,23,27)/t17-/m1/s1. The summed E-state index contributed by atoms with van der Waals surface area (Å²) in [7, 11) is 0.